The number of hydrogen-bond acceptors (Lipinski definition) is 4. The third-order valence-corrected chi connectivity index (χ3v) is 6.00. The highest BCUT2D eigenvalue weighted by Gasteiger charge is 2.29. The molecule has 1 aromatic carbocycles. The fraction of sp³-hybridized carbons (Fsp3) is 0.667. The van der Waals surface area contributed by atoms with Gasteiger partial charge in [-0.15, -0.1) is 0 Å². The summed E-state index contributed by atoms with van der Waals surface area (Å²) in [6, 6.07) is 7.07. The number of amides is 1. The number of piperidine rings is 1. The molecule has 1 aromatic rings. The van der Waals surface area contributed by atoms with Gasteiger partial charge in [0.15, 0.2) is 0 Å². The van der Waals surface area contributed by atoms with Crippen molar-refractivity contribution in [3.63, 3.8) is 0 Å². The number of ether oxygens (including phenoxy) is 1. The molecule has 0 spiro atoms. The lowest BCUT2D eigenvalue weighted by Crippen LogP contribution is -2.54. The number of piperazine rings is 1. The summed E-state index contributed by atoms with van der Waals surface area (Å²) in [6.07, 6.45) is 2.50. The zero-order chi connectivity index (χ0) is 18.7. The molecule has 5 heteroatoms. The first-order chi connectivity index (χ1) is 12.5. The predicted molar refractivity (Wildman–Crippen MR) is 105 cm³/mol. The second-order valence-corrected chi connectivity index (χ2v) is 7.87. The van der Waals surface area contributed by atoms with Crippen LogP contribution in [0.5, 0.6) is 5.75 Å². The molecule has 2 fully saturated rings. The highest BCUT2D eigenvalue weighted by Crippen LogP contribution is 2.22. The van der Waals surface area contributed by atoms with E-state index >= 15 is 0 Å². The van der Waals surface area contributed by atoms with Crippen molar-refractivity contribution in [1.82, 2.24) is 14.7 Å². The lowest BCUT2D eigenvalue weighted by atomic mass is 10.0. The number of hydrogen-bond donors (Lipinski definition) is 0. The first kappa shape index (κ1) is 19.2. The number of methoxy groups -OCH3 is 1. The van der Waals surface area contributed by atoms with Crippen LogP contribution in [0, 0.1) is 6.92 Å². The zero-order valence-electron chi connectivity index (χ0n) is 16.7. The quantitative estimate of drug-likeness (QED) is 0.828. The van der Waals surface area contributed by atoms with Crippen molar-refractivity contribution in [2.45, 2.75) is 45.7 Å². The molecule has 2 aliphatic heterocycles. The van der Waals surface area contributed by atoms with Gasteiger partial charge in [0, 0.05) is 43.8 Å². The Labute approximate surface area is 157 Å². The van der Waals surface area contributed by atoms with Crippen molar-refractivity contribution < 1.29 is 9.53 Å². The van der Waals surface area contributed by atoms with Crippen LogP contribution in [0.15, 0.2) is 18.2 Å². The van der Waals surface area contributed by atoms with Crippen molar-refractivity contribution in [3.8, 4) is 5.75 Å². The van der Waals surface area contributed by atoms with Gasteiger partial charge in [-0.2, -0.15) is 0 Å². The van der Waals surface area contributed by atoms with Gasteiger partial charge in [-0.1, -0.05) is 6.07 Å². The Morgan fingerprint density at radius 3 is 2.31 bits per heavy atom. The Balaban J connectivity index is 1.53. The Hall–Kier alpha value is -1.59. The van der Waals surface area contributed by atoms with Crippen LogP contribution in [0.4, 0.5) is 0 Å². The molecule has 0 N–H and O–H groups in total. The van der Waals surface area contributed by atoms with Gasteiger partial charge >= 0.3 is 0 Å². The van der Waals surface area contributed by atoms with Crippen LogP contribution in [0.25, 0.3) is 0 Å². The monoisotopic (exact) mass is 359 g/mol. The molecule has 2 saturated heterocycles. The average Bonchev–Trinajstić information content (AvgIpc) is 2.68. The minimum atomic E-state index is 0.123. The van der Waals surface area contributed by atoms with Crippen LogP contribution in [-0.4, -0.2) is 79.1 Å². The molecule has 0 saturated carbocycles. The van der Waals surface area contributed by atoms with Crippen LogP contribution in [0.1, 0.15) is 42.6 Å². The minimum absolute atomic E-state index is 0.123. The van der Waals surface area contributed by atoms with E-state index in [1.165, 1.54) is 25.9 Å². The number of aryl methyl sites for hydroxylation is 1. The first-order valence-corrected chi connectivity index (χ1v) is 9.91. The van der Waals surface area contributed by atoms with Gasteiger partial charge in [0.1, 0.15) is 5.75 Å². The normalized spacial score (nSPS) is 20.6. The van der Waals surface area contributed by atoms with Crippen molar-refractivity contribution in [2.75, 3.05) is 46.4 Å². The third-order valence-electron chi connectivity index (χ3n) is 6.00. The van der Waals surface area contributed by atoms with Gasteiger partial charge in [-0.05, 0) is 64.4 Å². The van der Waals surface area contributed by atoms with Gasteiger partial charge in [0.25, 0.3) is 5.91 Å². The molecule has 3 rings (SSSR count). The summed E-state index contributed by atoms with van der Waals surface area (Å²) in [6.45, 7) is 12.6. The van der Waals surface area contributed by atoms with E-state index in [0.717, 1.165) is 43.1 Å². The van der Waals surface area contributed by atoms with E-state index in [-0.39, 0.29) is 5.91 Å². The van der Waals surface area contributed by atoms with E-state index < -0.39 is 0 Å². The van der Waals surface area contributed by atoms with Crippen LogP contribution < -0.4 is 4.74 Å². The van der Waals surface area contributed by atoms with Crippen molar-refractivity contribution in [1.29, 1.82) is 0 Å². The molecule has 2 heterocycles. The Morgan fingerprint density at radius 1 is 1.08 bits per heavy atom. The van der Waals surface area contributed by atoms with Gasteiger partial charge in [0.2, 0.25) is 0 Å². The number of rotatable bonds is 4. The molecule has 2 aliphatic rings. The highest BCUT2D eigenvalue weighted by molar-refractivity contribution is 5.94. The van der Waals surface area contributed by atoms with E-state index in [4.69, 9.17) is 4.74 Å². The summed E-state index contributed by atoms with van der Waals surface area (Å²) in [5.74, 6) is 0.906. The molecular formula is C21H33N3O2. The Bertz CT molecular complexity index is 616. The van der Waals surface area contributed by atoms with E-state index in [1.807, 2.05) is 30.0 Å². The fourth-order valence-electron chi connectivity index (χ4n) is 4.19. The van der Waals surface area contributed by atoms with Crippen LogP contribution in [0.2, 0.25) is 0 Å². The molecule has 0 bridgehead atoms. The van der Waals surface area contributed by atoms with E-state index in [0.29, 0.717) is 12.1 Å². The molecule has 0 atom stereocenters. The van der Waals surface area contributed by atoms with Gasteiger partial charge in [-0.25, -0.2) is 0 Å². The summed E-state index contributed by atoms with van der Waals surface area (Å²) < 4.78 is 5.36. The van der Waals surface area contributed by atoms with Crippen LogP contribution in [0.3, 0.4) is 0 Å². The molecule has 5 nitrogen and oxygen atoms in total. The molecule has 1 amide bonds. The van der Waals surface area contributed by atoms with Crippen LogP contribution >= 0.6 is 0 Å². The maximum absolute atomic E-state index is 12.8. The molecule has 0 unspecified atom stereocenters. The van der Waals surface area contributed by atoms with E-state index in [1.54, 1.807) is 7.11 Å². The van der Waals surface area contributed by atoms with E-state index in [2.05, 4.69) is 23.6 Å². The van der Waals surface area contributed by atoms with Gasteiger partial charge in [-0.3, -0.25) is 9.69 Å². The smallest absolute Gasteiger partial charge is 0.254 e. The van der Waals surface area contributed by atoms with Crippen molar-refractivity contribution >= 4 is 5.91 Å². The number of carbonyl (C=O) groups is 1. The summed E-state index contributed by atoms with van der Waals surface area (Å²) in [5, 5.41) is 0. The summed E-state index contributed by atoms with van der Waals surface area (Å²) in [7, 11) is 1.65. The number of carbonyl (C=O) groups excluding carboxylic acids is 1. The minimum Gasteiger partial charge on any atom is -0.496 e. The van der Waals surface area contributed by atoms with Gasteiger partial charge in [0.05, 0.1) is 7.11 Å². The summed E-state index contributed by atoms with van der Waals surface area (Å²) >= 11 is 0. The highest BCUT2D eigenvalue weighted by atomic mass is 16.5. The summed E-state index contributed by atoms with van der Waals surface area (Å²) in [4.78, 5) is 20.0. The molecule has 0 aromatic heterocycles. The predicted octanol–water partition coefficient (Wildman–Crippen LogP) is 2.63. The number of likely N-dealkylation sites (tertiary alicyclic amines) is 1. The Kier molecular flexibility index (Phi) is 6.20. The largest absolute Gasteiger partial charge is 0.496 e. The summed E-state index contributed by atoms with van der Waals surface area (Å²) in [5.41, 5.74) is 1.78. The van der Waals surface area contributed by atoms with E-state index in [9.17, 15) is 4.79 Å². The lowest BCUT2D eigenvalue weighted by molar-refractivity contribution is 0.0417. The SMILES string of the molecule is COc1cc(C(=O)N2CCN(C3CCN(C(C)C)CC3)CC2)ccc1C. The van der Waals surface area contributed by atoms with Crippen molar-refractivity contribution in [3.05, 3.63) is 29.3 Å². The molecule has 26 heavy (non-hydrogen) atoms. The maximum atomic E-state index is 12.8. The molecule has 0 radical (unpaired) electrons. The second kappa shape index (κ2) is 8.40. The zero-order valence-corrected chi connectivity index (χ0v) is 16.7. The second-order valence-electron chi connectivity index (χ2n) is 7.87. The third kappa shape index (κ3) is 4.21. The Morgan fingerprint density at radius 2 is 1.73 bits per heavy atom. The van der Waals surface area contributed by atoms with Crippen molar-refractivity contribution in [2.24, 2.45) is 0 Å². The first-order valence-electron chi connectivity index (χ1n) is 9.91. The fourth-order valence-corrected chi connectivity index (χ4v) is 4.19. The molecule has 0 aliphatic carbocycles. The lowest BCUT2D eigenvalue weighted by Gasteiger charge is -2.43. The standard InChI is InChI=1S/C21H33N3O2/c1-16(2)22-9-7-19(8-10-22)23-11-13-24(14-12-23)21(25)18-6-5-17(3)20(15-18)26-4/h5-6,15-16,19H,7-14H2,1-4H3. The molecular weight excluding hydrogens is 326 g/mol. The average molecular weight is 360 g/mol. The van der Waals surface area contributed by atoms with Gasteiger partial charge < -0.3 is 14.5 Å². The van der Waals surface area contributed by atoms with Crippen LogP contribution in [-0.2, 0) is 0 Å². The number of nitrogens with zero attached hydrogens (tertiary/aromatic N) is 3. The maximum Gasteiger partial charge on any atom is 0.254 e. The molecule has 144 valence electrons. The topological polar surface area (TPSA) is 36.0 Å². The number of benzene rings is 1.